The Hall–Kier alpha value is -1.45. The second-order valence-corrected chi connectivity index (χ2v) is 4.89. The van der Waals surface area contributed by atoms with E-state index in [4.69, 9.17) is 0 Å². The van der Waals surface area contributed by atoms with Gasteiger partial charge in [-0.2, -0.15) is 0 Å². The molecule has 0 spiro atoms. The molecule has 0 fully saturated rings. The largest absolute Gasteiger partial charge is 0.346 e. The minimum Gasteiger partial charge on any atom is -0.346 e. The molecule has 1 aromatic heterocycles. The molecule has 1 N–H and O–H groups in total. The van der Waals surface area contributed by atoms with Crippen LogP contribution in [0.4, 0.5) is 0 Å². The van der Waals surface area contributed by atoms with E-state index in [0.717, 1.165) is 17.1 Å². The maximum Gasteiger partial charge on any atom is 0.270 e. The van der Waals surface area contributed by atoms with Gasteiger partial charge in [-0.05, 0) is 6.92 Å². The Kier molecular flexibility index (Phi) is 2.03. The molecule has 0 saturated heterocycles. The lowest BCUT2D eigenvalue weighted by Crippen LogP contribution is -2.20. The molecule has 0 saturated carbocycles. The van der Waals surface area contributed by atoms with Gasteiger partial charge >= 0.3 is 0 Å². The Labute approximate surface area is 89.1 Å². The molecular weight excluding hydrogens is 190 g/mol. The number of nitrogens with zero attached hydrogens (tertiary/aromatic N) is 2. The molecule has 15 heavy (non-hydrogen) atoms. The molecule has 1 amide bonds. The van der Waals surface area contributed by atoms with Gasteiger partial charge < -0.3 is 5.32 Å². The molecule has 0 atom stereocenters. The Bertz CT molecular complexity index is 432. The first-order valence-corrected chi connectivity index (χ1v) is 5.06. The van der Waals surface area contributed by atoms with E-state index >= 15 is 0 Å². The lowest BCUT2D eigenvalue weighted by atomic mass is 9.95. The zero-order valence-corrected chi connectivity index (χ0v) is 9.51. The molecule has 1 aliphatic rings. The lowest BCUT2D eigenvalue weighted by molar-refractivity contribution is 0.0961. The van der Waals surface area contributed by atoms with Crippen LogP contribution in [-0.4, -0.2) is 15.9 Å². The van der Waals surface area contributed by atoms with E-state index in [-0.39, 0.29) is 11.3 Å². The highest BCUT2D eigenvalue weighted by atomic mass is 16.2. The van der Waals surface area contributed by atoms with Gasteiger partial charge in [-0.25, -0.2) is 9.97 Å². The van der Waals surface area contributed by atoms with Crippen molar-refractivity contribution in [2.24, 2.45) is 0 Å². The molecule has 0 bridgehead atoms. The van der Waals surface area contributed by atoms with Gasteiger partial charge in [0.15, 0.2) is 0 Å². The quantitative estimate of drug-likeness (QED) is 0.695. The van der Waals surface area contributed by atoms with Crippen LogP contribution in [0.2, 0.25) is 0 Å². The molecule has 80 valence electrons. The highest BCUT2D eigenvalue weighted by Gasteiger charge is 2.27. The molecule has 0 radical (unpaired) electrons. The number of hydrogen-bond donors (Lipinski definition) is 1. The molecular formula is C11H15N3O. The van der Waals surface area contributed by atoms with Crippen LogP contribution in [0, 0.1) is 6.92 Å². The van der Waals surface area contributed by atoms with Gasteiger partial charge in [-0.3, -0.25) is 4.79 Å². The van der Waals surface area contributed by atoms with Crippen molar-refractivity contribution >= 4 is 5.91 Å². The van der Waals surface area contributed by atoms with Crippen LogP contribution >= 0.6 is 0 Å². The summed E-state index contributed by atoms with van der Waals surface area (Å²) in [4.78, 5) is 20.3. The van der Waals surface area contributed by atoms with Gasteiger partial charge in [0.25, 0.3) is 5.91 Å². The molecule has 1 aliphatic heterocycles. The smallest absolute Gasteiger partial charge is 0.270 e. The topological polar surface area (TPSA) is 54.9 Å². The second kappa shape index (κ2) is 3.02. The van der Waals surface area contributed by atoms with Gasteiger partial charge in [-0.1, -0.05) is 20.8 Å². The summed E-state index contributed by atoms with van der Waals surface area (Å²) < 4.78 is 0. The number of hydrogen-bond acceptors (Lipinski definition) is 3. The fourth-order valence-corrected chi connectivity index (χ4v) is 1.58. The summed E-state index contributed by atoms with van der Waals surface area (Å²) in [6, 6.07) is 0. The summed E-state index contributed by atoms with van der Waals surface area (Å²) in [6.45, 7) is 8.61. The standard InChI is InChI=1S/C11H15N3O/c1-6-7-5-12-9(15)8(7)14-10(13-6)11(2,3)4/h5H2,1-4H3,(H,12,15). The average Bonchev–Trinajstić information content (AvgIpc) is 2.47. The van der Waals surface area contributed by atoms with Crippen molar-refractivity contribution in [1.82, 2.24) is 15.3 Å². The third-order valence-electron chi connectivity index (χ3n) is 2.53. The summed E-state index contributed by atoms with van der Waals surface area (Å²) in [7, 11) is 0. The maximum absolute atomic E-state index is 11.5. The van der Waals surface area contributed by atoms with Crippen LogP contribution < -0.4 is 5.32 Å². The first kappa shape index (κ1) is 10.1. The number of carbonyl (C=O) groups excluding carboxylic acids is 1. The molecule has 0 aliphatic carbocycles. The fraction of sp³-hybridized carbons (Fsp3) is 0.545. The van der Waals surface area contributed by atoms with Crippen molar-refractivity contribution in [3.8, 4) is 0 Å². The fourth-order valence-electron chi connectivity index (χ4n) is 1.58. The van der Waals surface area contributed by atoms with Crippen molar-refractivity contribution in [1.29, 1.82) is 0 Å². The van der Waals surface area contributed by atoms with E-state index in [1.165, 1.54) is 0 Å². The van der Waals surface area contributed by atoms with Crippen molar-refractivity contribution < 1.29 is 4.79 Å². The van der Waals surface area contributed by atoms with Gasteiger partial charge in [-0.15, -0.1) is 0 Å². The number of fused-ring (bicyclic) bond motifs is 1. The Morgan fingerprint density at radius 3 is 2.53 bits per heavy atom. The summed E-state index contributed by atoms with van der Waals surface area (Å²) in [5.41, 5.74) is 2.27. The van der Waals surface area contributed by atoms with E-state index in [2.05, 4.69) is 15.3 Å². The Morgan fingerprint density at radius 2 is 1.93 bits per heavy atom. The van der Waals surface area contributed by atoms with E-state index in [1.807, 2.05) is 27.7 Å². The SMILES string of the molecule is Cc1nc(C(C)(C)C)nc2c1CNC2=O. The van der Waals surface area contributed by atoms with E-state index in [0.29, 0.717) is 12.2 Å². The number of aryl methyl sites for hydroxylation is 1. The number of rotatable bonds is 0. The zero-order valence-electron chi connectivity index (χ0n) is 9.51. The van der Waals surface area contributed by atoms with Crippen LogP contribution in [0.5, 0.6) is 0 Å². The Balaban J connectivity index is 2.61. The summed E-state index contributed by atoms with van der Waals surface area (Å²) >= 11 is 0. The van der Waals surface area contributed by atoms with Crippen LogP contribution in [0.1, 0.15) is 48.3 Å². The van der Waals surface area contributed by atoms with Crippen molar-refractivity contribution in [3.05, 3.63) is 22.8 Å². The van der Waals surface area contributed by atoms with Crippen LogP contribution in [0.3, 0.4) is 0 Å². The highest BCUT2D eigenvalue weighted by Crippen LogP contribution is 2.23. The minimum atomic E-state index is -0.122. The highest BCUT2D eigenvalue weighted by molar-refractivity contribution is 5.96. The predicted octanol–water partition coefficient (Wildman–Crippen LogP) is 1.33. The van der Waals surface area contributed by atoms with Crippen LogP contribution in [0.15, 0.2) is 0 Å². The van der Waals surface area contributed by atoms with Crippen molar-refractivity contribution in [2.45, 2.75) is 39.7 Å². The van der Waals surface area contributed by atoms with Crippen LogP contribution in [-0.2, 0) is 12.0 Å². The summed E-state index contributed by atoms with van der Waals surface area (Å²) in [5, 5.41) is 2.76. The van der Waals surface area contributed by atoms with E-state index < -0.39 is 0 Å². The van der Waals surface area contributed by atoms with E-state index in [9.17, 15) is 4.79 Å². The zero-order chi connectivity index (χ0) is 11.2. The van der Waals surface area contributed by atoms with Crippen LogP contribution in [0.25, 0.3) is 0 Å². The predicted molar refractivity (Wildman–Crippen MR) is 56.6 cm³/mol. The maximum atomic E-state index is 11.5. The average molecular weight is 205 g/mol. The van der Waals surface area contributed by atoms with Gasteiger partial charge in [0.1, 0.15) is 11.5 Å². The van der Waals surface area contributed by atoms with Gasteiger partial charge in [0, 0.05) is 23.2 Å². The second-order valence-electron chi connectivity index (χ2n) is 4.89. The molecule has 1 aromatic rings. The normalized spacial score (nSPS) is 15.1. The monoisotopic (exact) mass is 205 g/mol. The molecule has 4 heteroatoms. The third-order valence-corrected chi connectivity index (χ3v) is 2.53. The third kappa shape index (κ3) is 1.60. The number of carbonyl (C=O) groups is 1. The summed E-state index contributed by atoms with van der Waals surface area (Å²) in [6.07, 6.45) is 0. The molecule has 4 nitrogen and oxygen atoms in total. The van der Waals surface area contributed by atoms with Gasteiger partial charge in [0.05, 0.1) is 0 Å². The lowest BCUT2D eigenvalue weighted by Gasteiger charge is -2.17. The first-order valence-electron chi connectivity index (χ1n) is 5.06. The van der Waals surface area contributed by atoms with E-state index in [1.54, 1.807) is 0 Å². The van der Waals surface area contributed by atoms with Gasteiger partial charge in [0.2, 0.25) is 0 Å². The molecule has 2 rings (SSSR count). The number of amides is 1. The van der Waals surface area contributed by atoms with Crippen molar-refractivity contribution in [2.75, 3.05) is 0 Å². The van der Waals surface area contributed by atoms with Crippen molar-refractivity contribution in [3.63, 3.8) is 0 Å². The molecule has 0 unspecified atom stereocenters. The minimum absolute atomic E-state index is 0.0824. The first-order chi connectivity index (χ1) is 6.89. The number of aromatic nitrogens is 2. The Morgan fingerprint density at radius 1 is 1.27 bits per heavy atom. The molecule has 2 heterocycles. The summed E-state index contributed by atoms with van der Waals surface area (Å²) in [5.74, 6) is 0.650. The molecule has 0 aromatic carbocycles. The number of nitrogens with one attached hydrogen (secondary N) is 1.